The van der Waals surface area contributed by atoms with E-state index in [9.17, 15) is 8.42 Å². The van der Waals surface area contributed by atoms with Crippen LogP contribution in [-0.4, -0.2) is 8.42 Å². The molecule has 0 aliphatic rings. The van der Waals surface area contributed by atoms with Crippen molar-refractivity contribution in [1.82, 2.24) is 0 Å². The summed E-state index contributed by atoms with van der Waals surface area (Å²) in [6.07, 6.45) is 2.11. The van der Waals surface area contributed by atoms with E-state index in [-0.39, 0.29) is 5.75 Å². The topological polar surface area (TPSA) is 34.1 Å². The van der Waals surface area contributed by atoms with Crippen LogP contribution >= 0.6 is 10.7 Å². The zero-order valence-electron chi connectivity index (χ0n) is 8.96. The number of benzene rings is 1. The molecular formula is C11H15ClO2S. The van der Waals surface area contributed by atoms with E-state index >= 15 is 0 Å². The summed E-state index contributed by atoms with van der Waals surface area (Å²) in [5.74, 6) is -0.0905. The second-order valence-corrected chi connectivity index (χ2v) is 6.47. The SMILES string of the molecule is CCCc1ccc(CS(=O)(=O)Cl)c(C)c1. The van der Waals surface area contributed by atoms with E-state index in [0.29, 0.717) is 0 Å². The Balaban J connectivity index is 2.93. The van der Waals surface area contributed by atoms with Gasteiger partial charge in [0.25, 0.3) is 0 Å². The van der Waals surface area contributed by atoms with Crippen LogP contribution in [0, 0.1) is 6.92 Å². The summed E-state index contributed by atoms with van der Waals surface area (Å²) in [4.78, 5) is 0. The van der Waals surface area contributed by atoms with E-state index in [1.54, 1.807) is 0 Å². The van der Waals surface area contributed by atoms with Crippen molar-refractivity contribution in [3.05, 3.63) is 34.9 Å². The van der Waals surface area contributed by atoms with Gasteiger partial charge in [-0.1, -0.05) is 31.5 Å². The van der Waals surface area contributed by atoms with Crippen molar-refractivity contribution in [2.24, 2.45) is 0 Å². The average molecular weight is 247 g/mol. The molecule has 0 amide bonds. The standard InChI is InChI=1S/C11H15ClO2S/c1-3-4-10-5-6-11(9(2)7-10)8-15(12,13)14/h5-7H,3-4,8H2,1-2H3. The van der Waals surface area contributed by atoms with Crippen LogP contribution in [0.5, 0.6) is 0 Å². The molecule has 0 spiro atoms. The van der Waals surface area contributed by atoms with Gasteiger partial charge in [-0.3, -0.25) is 0 Å². The van der Waals surface area contributed by atoms with Crippen molar-refractivity contribution in [3.8, 4) is 0 Å². The second-order valence-electron chi connectivity index (χ2n) is 3.69. The highest BCUT2D eigenvalue weighted by molar-refractivity contribution is 8.13. The normalized spacial score (nSPS) is 11.7. The highest BCUT2D eigenvalue weighted by atomic mass is 35.7. The number of hydrogen-bond acceptors (Lipinski definition) is 2. The van der Waals surface area contributed by atoms with Crippen LogP contribution in [0.1, 0.15) is 30.0 Å². The number of rotatable bonds is 4. The van der Waals surface area contributed by atoms with Crippen LogP contribution < -0.4 is 0 Å². The van der Waals surface area contributed by atoms with Gasteiger partial charge in [-0.05, 0) is 30.0 Å². The first kappa shape index (κ1) is 12.5. The highest BCUT2D eigenvalue weighted by Gasteiger charge is 2.09. The van der Waals surface area contributed by atoms with Crippen LogP contribution in [0.4, 0.5) is 0 Å². The zero-order valence-corrected chi connectivity index (χ0v) is 10.5. The maximum atomic E-state index is 10.9. The monoisotopic (exact) mass is 246 g/mol. The van der Waals surface area contributed by atoms with Crippen LogP contribution in [0.15, 0.2) is 18.2 Å². The fourth-order valence-electron chi connectivity index (χ4n) is 1.55. The first-order valence-electron chi connectivity index (χ1n) is 4.93. The molecule has 4 heteroatoms. The molecular weight excluding hydrogens is 232 g/mol. The smallest absolute Gasteiger partial charge is 0.212 e. The first-order valence-corrected chi connectivity index (χ1v) is 7.41. The van der Waals surface area contributed by atoms with Gasteiger partial charge in [-0.15, -0.1) is 0 Å². The summed E-state index contributed by atoms with van der Waals surface area (Å²) >= 11 is 0. The van der Waals surface area contributed by atoms with Crippen molar-refractivity contribution in [2.45, 2.75) is 32.4 Å². The Bertz CT molecular complexity index is 438. The maximum Gasteiger partial charge on any atom is 0.236 e. The lowest BCUT2D eigenvalue weighted by atomic mass is 10.0. The van der Waals surface area contributed by atoms with Gasteiger partial charge in [0.2, 0.25) is 9.05 Å². The lowest BCUT2D eigenvalue weighted by molar-refractivity contribution is 0.608. The number of halogens is 1. The van der Waals surface area contributed by atoms with E-state index in [2.05, 4.69) is 6.92 Å². The molecule has 0 aromatic heterocycles. The van der Waals surface area contributed by atoms with E-state index in [0.717, 1.165) is 24.0 Å². The van der Waals surface area contributed by atoms with E-state index < -0.39 is 9.05 Å². The van der Waals surface area contributed by atoms with Gasteiger partial charge in [0.05, 0.1) is 5.75 Å². The van der Waals surface area contributed by atoms with Gasteiger partial charge in [0.1, 0.15) is 0 Å². The average Bonchev–Trinajstić information content (AvgIpc) is 2.08. The molecule has 1 aromatic rings. The molecule has 0 saturated heterocycles. The molecule has 0 N–H and O–H groups in total. The van der Waals surface area contributed by atoms with Crippen LogP contribution in [0.25, 0.3) is 0 Å². The second kappa shape index (κ2) is 4.99. The molecule has 0 radical (unpaired) electrons. The van der Waals surface area contributed by atoms with Crippen LogP contribution in [-0.2, 0) is 21.2 Å². The number of aryl methyl sites for hydroxylation is 2. The van der Waals surface area contributed by atoms with Crippen molar-refractivity contribution in [1.29, 1.82) is 0 Å². The summed E-state index contributed by atoms with van der Waals surface area (Å²) in [7, 11) is 1.76. The third-order valence-electron chi connectivity index (χ3n) is 2.27. The fourth-order valence-corrected chi connectivity index (χ4v) is 2.60. The molecule has 0 fully saturated rings. The predicted octanol–water partition coefficient (Wildman–Crippen LogP) is 3.02. The van der Waals surface area contributed by atoms with E-state index in [4.69, 9.17) is 10.7 Å². The zero-order chi connectivity index (χ0) is 11.5. The minimum Gasteiger partial charge on any atom is -0.212 e. The Morgan fingerprint density at radius 2 is 2.00 bits per heavy atom. The highest BCUT2D eigenvalue weighted by Crippen LogP contribution is 2.16. The molecule has 1 aromatic carbocycles. The van der Waals surface area contributed by atoms with Gasteiger partial charge in [0.15, 0.2) is 0 Å². The molecule has 15 heavy (non-hydrogen) atoms. The largest absolute Gasteiger partial charge is 0.236 e. The molecule has 0 aliphatic carbocycles. The Labute approximate surface area is 95.7 Å². The quantitative estimate of drug-likeness (QED) is 0.766. The van der Waals surface area contributed by atoms with E-state index in [1.807, 2.05) is 25.1 Å². The molecule has 2 nitrogen and oxygen atoms in total. The molecule has 0 saturated carbocycles. The Kier molecular flexibility index (Phi) is 4.17. The number of hydrogen-bond donors (Lipinski definition) is 0. The predicted molar refractivity (Wildman–Crippen MR) is 63.7 cm³/mol. The third-order valence-corrected chi connectivity index (χ3v) is 3.26. The lowest BCUT2D eigenvalue weighted by Crippen LogP contribution is -1.98. The third kappa shape index (κ3) is 4.22. The van der Waals surface area contributed by atoms with Crippen molar-refractivity contribution in [2.75, 3.05) is 0 Å². The Hall–Kier alpha value is -0.540. The first-order chi connectivity index (χ1) is 6.92. The molecule has 0 unspecified atom stereocenters. The van der Waals surface area contributed by atoms with Gasteiger partial charge >= 0.3 is 0 Å². The van der Waals surface area contributed by atoms with Gasteiger partial charge in [-0.2, -0.15) is 0 Å². The summed E-state index contributed by atoms with van der Waals surface area (Å²) in [5.41, 5.74) is 3.01. The lowest BCUT2D eigenvalue weighted by Gasteiger charge is -2.06. The summed E-state index contributed by atoms with van der Waals surface area (Å²) in [6, 6.07) is 5.84. The molecule has 84 valence electrons. The summed E-state index contributed by atoms with van der Waals surface area (Å²) in [5, 5.41) is 0. The Morgan fingerprint density at radius 3 is 2.47 bits per heavy atom. The van der Waals surface area contributed by atoms with Crippen molar-refractivity contribution < 1.29 is 8.42 Å². The van der Waals surface area contributed by atoms with Gasteiger partial charge in [0, 0.05) is 10.7 Å². The minimum atomic E-state index is -3.45. The molecule has 0 atom stereocenters. The molecule has 0 heterocycles. The van der Waals surface area contributed by atoms with Crippen LogP contribution in [0.3, 0.4) is 0 Å². The van der Waals surface area contributed by atoms with Gasteiger partial charge in [-0.25, -0.2) is 8.42 Å². The summed E-state index contributed by atoms with van der Waals surface area (Å²) < 4.78 is 21.9. The molecule has 0 bridgehead atoms. The van der Waals surface area contributed by atoms with Crippen molar-refractivity contribution in [3.63, 3.8) is 0 Å². The van der Waals surface area contributed by atoms with Gasteiger partial charge < -0.3 is 0 Å². The minimum absolute atomic E-state index is 0.0905. The molecule has 1 rings (SSSR count). The van der Waals surface area contributed by atoms with Crippen molar-refractivity contribution >= 4 is 19.7 Å². The Morgan fingerprint density at radius 1 is 1.33 bits per heavy atom. The maximum absolute atomic E-state index is 10.9. The van der Waals surface area contributed by atoms with Crippen LogP contribution in [0.2, 0.25) is 0 Å². The summed E-state index contributed by atoms with van der Waals surface area (Å²) in [6.45, 7) is 4.03. The molecule has 0 aliphatic heterocycles. The van der Waals surface area contributed by atoms with E-state index in [1.165, 1.54) is 5.56 Å². The fraction of sp³-hybridized carbons (Fsp3) is 0.455.